The third kappa shape index (κ3) is 7.47. The summed E-state index contributed by atoms with van der Waals surface area (Å²) in [4.78, 5) is 2.23. The van der Waals surface area contributed by atoms with Crippen molar-refractivity contribution in [1.29, 1.82) is 0 Å². The molecule has 4 rings (SSSR count). The topological polar surface area (TPSA) is 82.1 Å². The van der Waals surface area contributed by atoms with Gasteiger partial charge in [0.25, 0.3) is 0 Å². The van der Waals surface area contributed by atoms with E-state index in [1.807, 2.05) is 78.3 Å². The fourth-order valence-corrected chi connectivity index (χ4v) is 4.31. The molecule has 0 amide bonds. The summed E-state index contributed by atoms with van der Waals surface area (Å²) in [5.41, 5.74) is 2.75. The summed E-state index contributed by atoms with van der Waals surface area (Å²) in [6.07, 6.45) is 0.961. The first-order valence-corrected chi connectivity index (χ1v) is 12.9. The zero-order valence-corrected chi connectivity index (χ0v) is 22.5. The highest BCUT2D eigenvalue weighted by atomic mass is 16.5. The summed E-state index contributed by atoms with van der Waals surface area (Å²) >= 11 is 0. The largest absolute Gasteiger partial charge is 0.497 e. The van der Waals surface area contributed by atoms with E-state index in [1.165, 1.54) is 0 Å². The number of methoxy groups -OCH3 is 1. The lowest BCUT2D eigenvalue weighted by atomic mass is 10.1. The summed E-state index contributed by atoms with van der Waals surface area (Å²) in [7, 11) is 1.64. The molecule has 0 bridgehead atoms. The molecule has 38 heavy (non-hydrogen) atoms. The molecule has 0 aliphatic heterocycles. The summed E-state index contributed by atoms with van der Waals surface area (Å²) in [6.45, 7) is 8.69. The Kier molecular flexibility index (Phi) is 9.59. The van der Waals surface area contributed by atoms with Crippen molar-refractivity contribution in [1.82, 2.24) is 14.7 Å². The fourth-order valence-electron chi connectivity index (χ4n) is 4.31. The molecule has 4 aromatic rings. The van der Waals surface area contributed by atoms with Gasteiger partial charge in [0.15, 0.2) is 0 Å². The predicted molar refractivity (Wildman–Crippen MR) is 146 cm³/mol. The smallest absolute Gasteiger partial charge is 0.227 e. The van der Waals surface area contributed by atoms with E-state index in [-0.39, 0.29) is 6.61 Å². The van der Waals surface area contributed by atoms with Gasteiger partial charge in [-0.2, -0.15) is 5.10 Å². The quantitative estimate of drug-likeness (QED) is 0.232. The number of hydrogen-bond acceptors (Lipinski definition) is 7. The Labute approximate surface area is 224 Å². The second-order valence-corrected chi connectivity index (χ2v) is 9.73. The van der Waals surface area contributed by atoms with E-state index < -0.39 is 6.10 Å². The maximum atomic E-state index is 10.8. The fraction of sp³-hybridized carbons (Fsp3) is 0.367. The molecule has 0 aliphatic rings. The maximum Gasteiger partial charge on any atom is 0.227 e. The first kappa shape index (κ1) is 27.4. The zero-order valence-electron chi connectivity index (χ0n) is 22.5. The highest BCUT2D eigenvalue weighted by molar-refractivity contribution is 5.44. The average Bonchev–Trinajstić information content (AvgIpc) is 3.53. The van der Waals surface area contributed by atoms with E-state index in [4.69, 9.17) is 23.7 Å². The zero-order chi connectivity index (χ0) is 26.9. The minimum absolute atomic E-state index is 0.215. The molecule has 0 fully saturated rings. The van der Waals surface area contributed by atoms with Gasteiger partial charge < -0.3 is 23.7 Å². The average molecular weight is 520 g/mol. The number of aryl methyl sites for hydroxylation is 1. The number of aromatic nitrogens is 2. The van der Waals surface area contributed by atoms with Crippen LogP contribution in [0.2, 0.25) is 0 Å². The van der Waals surface area contributed by atoms with Gasteiger partial charge in [0.1, 0.15) is 23.9 Å². The Morgan fingerprint density at radius 3 is 2.37 bits per heavy atom. The minimum atomic E-state index is -0.654. The number of nitrogens with zero attached hydrogens (tertiary/aromatic N) is 3. The molecule has 8 heteroatoms. The monoisotopic (exact) mass is 519 g/mol. The van der Waals surface area contributed by atoms with Gasteiger partial charge >= 0.3 is 0 Å². The van der Waals surface area contributed by atoms with E-state index in [0.717, 1.165) is 35.0 Å². The van der Waals surface area contributed by atoms with E-state index >= 15 is 0 Å². The SMILES string of the molecule is COc1ccc(Oc2c(CN(CC(C)C)CC(O)COCc3ccco3)c(C)nn2-c2ccccc2)cc1. The van der Waals surface area contributed by atoms with Crippen LogP contribution in [0.1, 0.15) is 30.9 Å². The maximum absolute atomic E-state index is 10.8. The third-order valence-electron chi connectivity index (χ3n) is 6.02. The molecular weight excluding hydrogens is 482 g/mol. The first-order chi connectivity index (χ1) is 18.4. The van der Waals surface area contributed by atoms with Crippen molar-refractivity contribution in [2.24, 2.45) is 5.92 Å². The number of para-hydroxylation sites is 1. The number of hydrogen-bond donors (Lipinski definition) is 1. The summed E-state index contributed by atoms with van der Waals surface area (Å²) in [5, 5.41) is 15.6. The number of ether oxygens (including phenoxy) is 3. The Morgan fingerprint density at radius 1 is 0.974 bits per heavy atom. The normalized spacial score (nSPS) is 12.3. The molecular formula is C30H37N3O5. The molecule has 1 unspecified atom stereocenters. The standard InChI is InChI=1S/C30H37N3O5/c1-22(2)17-32(18-25(34)20-36-21-28-11-8-16-37-28)19-29-23(3)31-33(24-9-6-5-7-10-24)30(29)38-27-14-12-26(35-4)13-15-27/h5-16,22,25,34H,17-21H2,1-4H3. The number of rotatable bonds is 14. The Hall–Kier alpha value is -3.59. The highest BCUT2D eigenvalue weighted by Crippen LogP contribution is 2.32. The van der Waals surface area contributed by atoms with Crippen molar-refractivity contribution in [3.8, 4) is 23.1 Å². The third-order valence-corrected chi connectivity index (χ3v) is 6.02. The molecule has 202 valence electrons. The van der Waals surface area contributed by atoms with Gasteiger partial charge in [-0.3, -0.25) is 4.90 Å². The van der Waals surface area contributed by atoms with Crippen LogP contribution in [0.4, 0.5) is 0 Å². The van der Waals surface area contributed by atoms with Crippen molar-refractivity contribution in [2.45, 2.75) is 40.0 Å². The van der Waals surface area contributed by atoms with Crippen molar-refractivity contribution >= 4 is 0 Å². The lowest BCUT2D eigenvalue weighted by molar-refractivity contribution is 0.00212. The molecule has 1 N–H and O–H groups in total. The van der Waals surface area contributed by atoms with Gasteiger partial charge in [-0.15, -0.1) is 0 Å². The Morgan fingerprint density at radius 2 is 1.71 bits per heavy atom. The molecule has 0 saturated heterocycles. The lowest BCUT2D eigenvalue weighted by Crippen LogP contribution is -2.37. The van der Waals surface area contributed by atoms with Crippen LogP contribution < -0.4 is 9.47 Å². The van der Waals surface area contributed by atoms with Crippen LogP contribution in [0.15, 0.2) is 77.4 Å². The summed E-state index contributed by atoms with van der Waals surface area (Å²) in [6, 6.07) is 21.1. The highest BCUT2D eigenvalue weighted by Gasteiger charge is 2.23. The first-order valence-electron chi connectivity index (χ1n) is 12.9. The van der Waals surface area contributed by atoms with Crippen LogP contribution in [0, 0.1) is 12.8 Å². The Balaban J connectivity index is 1.56. The van der Waals surface area contributed by atoms with Gasteiger partial charge in [-0.1, -0.05) is 32.0 Å². The number of furan rings is 1. The van der Waals surface area contributed by atoms with Crippen LogP contribution >= 0.6 is 0 Å². The van der Waals surface area contributed by atoms with Crippen LogP contribution in [-0.2, 0) is 17.9 Å². The van der Waals surface area contributed by atoms with Crippen molar-refractivity contribution < 1.29 is 23.7 Å². The molecule has 2 heterocycles. The van der Waals surface area contributed by atoms with Crippen LogP contribution in [0.3, 0.4) is 0 Å². The van der Waals surface area contributed by atoms with E-state index in [0.29, 0.717) is 37.2 Å². The number of aliphatic hydroxyl groups excluding tert-OH is 1. The molecule has 2 aromatic heterocycles. The lowest BCUT2D eigenvalue weighted by Gasteiger charge is -2.27. The second-order valence-electron chi connectivity index (χ2n) is 9.73. The van der Waals surface area contributed by atoms with E-state index in [1.54, 1.807) is 13.4 Å². The van der Waals surface area contributed by atoms with Gasteiger partial charge in [-0.25, -0.2) is 4.68 Å². The van der Waals surface area contributed by atoms with E-state index in [2.05, 4.69) is 18.7 Å². The summed E-state index contributed by atoms with van der Waals surface area (Å²) in [5.74, 6) is 3.24. The van der Waals surface area contributed by atoms with Crippen molar-refractivity contribution in [2.75, 3.05) is 26.8 Å². The molecule has 0 radical (unpaired) electrons. The van der Waals surface area contributed by atoms with Gasteiger partial charge in [0.05, 0.1) is 43.0 Å². The van der Waals surface area contributed by atoms with Gasteiger partial charge in [-0.05, 0) is 61.4 Å². The predicted octanol–water partition coefficient (Wildman–Crippen LogP) is 5.61. The van der Waals surface area contributed by atoms with Crippen LogP contribution in [0.25, 0.3) is 5.69 Å². The molecule has 8 nitrogen and oxygen atoms in total. The number of benzene rings is 2. The summed E-state index contributed by atoms with van der Waals surface area (Å²) < 4.78 is 24.6. The van der Waals surface area contributed by atoms with Gasteiger partial charge in [0, 0.05) is 19.6 Å². The van der Waals surface area contributed by atoms with Gasteiger partial charge in [0.2, 0.25) is 5.88 Å². The second kappa shape index (κ2) is 13.3. The molecule has 0 spiro atoms. The van der Waals surface area contributed by atoms with Crippen LogP contribution in [0.5, 0.6) is 17.4 Å². The van der Waals surface area contributed by atoms with Crippen LogP contribution in [-0.4, -0.2) is 52.7 Å². The molecule has 0 aliphatic carbocycles. The minimum Gasteiger partial charge on any atom is -0.497 e. The van der Waals surface area contributed by atoms with E-state index in [9.17, 15) is 5.11 Å². The molecule has 0 saturated carbocycles. The Bertz CT molecular complexity index is 1240. The molecule has 2 aromatic carbocycles. The molecule has 1 atom stereocenters. The number of aliphatic hydroxyl groups is 1. The van der Waals surface area contributed by atoms with Crippen molar-refractivity contribution in [3.63, 3.8) is 0 Å². The van der Waals surface area contributed by atoms with Crippen molar-refractivity contribution in [3.05, 3.63) is 90.0 Å².